The zero-order valence-corrected chi connectivity index (χ0v) is 19.1. The average Bonchev–Trinajstić information content (AvgIpc) is 2.83. The van der Waals surface area contributed by atoms with Crippen molar-refractivity contribution in [3.63, 3.8) is 0 Å². The summed E-state index contributed by atoms with van der Waals surface area (Å²) >= 11 is 0. The van der Waals surface area contributed by atoms with E-state index in [4.69, 9.17) is 14.2 Å². The molecule has 0 bridgehead atoms. The van der Waals surface area contributed by atoms with Crippen molar-refractivity contribution in [2.45, 2.75) is 0 Å². The van der Waals surface area contributed by atoms with Crippen molar-refractivity contribution in [1.29, 1.82) is 0 Å². The first-order valence-corrected chi connectivity index (χ1v) is 10.7. The summed E-state index contributed by atoms with van der Waals surface area (Å²) in [4.78, 5) is 2.11. The topological polar surface area (TPSA) is 30.9 Å². The SMILES string of the molecule is COc1ccc(-c2ccc3cc(OC)ccc3c2-c2ccc(OCCN(C)C)cc2)cc1. The first kappa shape index (κ1) is 21.7. The van der Waals surface area contributed by atoms with Crippen molar-refractivity contribution < 1.29 is 14.2 Å². The van der Waals surface area contributed by atoms with Crippen LogP contribution in [-0.4, -0.2) is 46.4 Å². The predicted molar refractivity (Wildman–Crippen MR) is 132 cm³/mol. The Morgan fingerprint density at radius 3 is 1.94 bits per heavy atom. The Balaban J connectivity index is 1.79. The Bertz CT molecular complexity index is 1180. The quantitative estimate of drug-likeness (QED) is 0.338. The summed E-state index contributed by atoms with van der Waals surface area (Å²) in [7, 11) is 7.47. The molecule has 4 aromatic rings. The van der Waals surface area contributed by atoms with E-state index in [9.17, 15) is 0 Å². The Hall–Kier alpha value is -3.50. The maximum absolute atomic E-state index is 5.89. The molecule has 0 fully saturated rings. The number of rotatable bonds is 8. The van der Waals surface area contributed by atoms with Crippen molar-refractivity contribution in [1.82, 2.24) is 4.90 Å². The molecule has 0 aliphatic heterocycles. The summed E-state index contributed by atoms with van der Waals surface area (Å²) < 4.78 is 16.7. The van der Waals surface area contributed by atoms with E-state index in [-0.39, 0.29) is 0 Å². The molecule has 164 valence electrons. The molecule has 0 saturated heterocycles. The minimum Gasteiger partial charge on any atom is -0.497 e. The van der Waals surface area contributed by atoms with Crippen LogP contribution in [0.2, 0.25) is 0 Å². The van der Waals surface area contributed by atoms with Gasteiger partial charge in [-0.1, -0.05) is 42.5 Å². The number of ether oxygens (including phenoxy) is 3. The first-order chi connectivity index (χ1) is 15.6. The van der Waals surface area contributed by atoms with Crippen molar-refractivity contribution in [3.8, 4) is 39.5 Å². The molecule has 0 radical (unpaired) electrons. The van der Waals surface area contributed by atoms with Gasteiger partial charge in [-0.15, -0.1) is 0 Å². The highest BCUT2D eigenvalue weighted by atomic mass is 16.5. The van der Waals surface area contributed by atoms with E-state index in [0.29, 0.717) is 6.61 Å². The fourth-order valence-electron chi connectivity index (χ4n) is 3.82. The average molecular weight is 428 g/mol. The first-order valence-electron chi connectivity index (χ1n) is 10.7. The van der Waals surface area contributed by atoms with Gasteiger partial charge in [0.05, 0.1) is 14.2 Å². The number of benzene rings is 4. The maximum atomic E-state index is 5.89. The highest BCUT2D eigenvalue weighted by molar-refractivity contribution is 6.04. The van der Waals surface area contributed by atoms with E-state index in [1.807, 2.05) is 44.4 Å². The van der Waals surface area contributed by atoms with E-state index in [1.165, 1.54) is 16.5 Å². The van der Waals surface area contributed by atoms with Crippen LogP contribution in [0.4, 0.5) is 0 Å². The van der Waals surface area contributed by atoms with Crippen LogP contribution < -0.4 is 14.2 Å². The molecule has 0 N–H and O–H groups in total. The fraction of sp³-hybridized carbons (Fsp3) is 0.214. The number of likely N-dealkylation sites (N-methyl/N-ethyl adjacent to an activating group) is 1. The van der Waals surface area contributed by atoms with Gasteiger partial charge in [0.25, 0.3) is 0 Å². The molecule has 4 nitrogen and oxygen atoms in total. The van der Waals surface area contributed by atoms with Gasteiger partial charge in [-0.2, -0.15) is 0 Å². The standard InChI is InChI=1S/C28H29NO3/c1-29(2)17-18-32-24-12-7-21(8-13-24)28-26(20-5-10-23(30-3)11-6-20)15-9-22-19-25(31-4)14-16-27(22)28/h5-16,19H,17-18H2,1-4H3. The molecule has 4 heteroatoms. The van der Waals surface area contributed by atoms with Crippen LogP contribution in [-0.2, 0) is 0 Å². The maximum Gasteiger partial charge on any atom is 0.119 e. The predicted octanol–water partition coefficient (Wildman–Crippen LogP) is 6.13. The lowest BCUT2D eigenvalue weighted by atomic mass is 9.89. The third-order valence-corrected chi connectivity index (χ3v) is 5.58. The van der Waals surface area contributed by atoms with Crippen LogP contribution in [0.5, 0.6) is 17.2 Å². The van der Waals surface area contributed by atoms with Crippen LogP contribution in [0.3, 0.4) is 0 Å². The summed E-state index contributed by atoms with van der Waals surface area (Å²) in [5.74, 6) is 2.58. The molecule has 0 aliphatic carbocycles. The molecule has 0 atom stereocenters. The van der Waals surface area contributed by atoms with Crippen molar-refractivity contribution in [3.05, 3.63) is 78.9 Å². The molecule has 0 saturated carbocycles. The van der Waals surface area contributed by atoms with Gasteiger partial charge in [0.1, 0.15) is 23.9 Å². The van der Waals surface area contributed by atoms with Crippen LogP contribution in [0, 0.1) is 0 Å². The van der Waals surface area contributed by atoms with Gasteiger partial charge in [-0.25, -0.2) is 0 Å². The number of hydrogen-bond acceptors (Lipinski definition) is 4. The molecule has 0 spiro atoms. The molecule has 4 rings (SSSR count). The van der Waals surface area contributed by atoms with E-state index in [0.717, 1.165) is 40.3 Å². The zero-order valence-electron chi connectivity index (χ0n) is 19.1. The van der Waals surface area contributed by atoms with Crippen LogP contribution in [0.15, 0.2) is 78.9 Å². The van der Waals surface area contributed by atoms with E-state index >= 15 is 0 Å². The lowest BCUT2D eigenvalue weighted by Crippen LogP contribution is -2.19. The molecular weight excluding hydrogens is 398 g/mol. The van der Waals surface area contributed by atoms with Crippen molar-refractivity contribution in [2.24, 2.45) is 0 Å². The van der Waals surface area contributed by atoms with Gasteiger partial charge < -0.3 is 19.1 Å². The van der Waals surface area contributed by atoms with E-state index in [1.54, 1.807) is 14.2 Å². The highest BCUT2D eigenvalue weighted by Crippen LogP contribution is 2.40. The Kier molecular flexibility index (Phi) is 6.62. The lowest BCUT2D eigenvalue weighted by Gasteiger charge is -2.16. The second-order valence-corrected chi connectivity index (χ2v) is 7.98. The second-order valence-electron chi connectivity index (χ2n) is 7.98. The van der Waals surface area contributed by atoms with E-state index in [2.05, 4.69) is 53.4 Å². The molecular formula is C28H29NO3. The largest absolute Gasteiger partial charge is 0.497 e. The minimum atomic E-state index is 0.664. The third kappa shape index (κ3) is 4.71. The summed E-state index contributed by atoms with van der Waals surface area (Å²) in [5.41, 5.74) is 4.65. The minimum absolute atomic E-state index is 0.664. The number of fused-ring (bicyclic) bond motifs is 1. The lowest BCUT2D eigenvalue weighted by molar-refractivity contribution is 0.261. The monoisotopic (exact) mass is 427 g/mol. The Labute approximate surface area is 190 Å². The van der Waals surface area contributed by atoms with Gasteiger partial charge >= 0.3 is 0 Å². The Morgan fingerprint density at radius 1 is 0.656 bits per heavy atom. The fourth-order valence-corrected chi connectivity index (χ4v) is 3.82. The van der Waals surface area contributed by atoms with Crippen LogP contribution in [0.1, 0.15) is 0 Å². The molecule has 0 unspecified atom stereocenters. The van der Waals surface area contributed by atoms with Crippen LogP contribution >= 0.6 is 0 Å². The molecule has 0 aliphatic rings. The smallest absolute Gasteiger partial charge is 0.119 e. The van der Waals surface area contributed by atoms with Gasteiger partial charge in [-0.3, -0.25) is 0 Å². The van der Waals surface area contributed by atoms with Gasteiger partial charge in [0, 0.05) is 6.54 Å². The molecule has 0 amide bonds. The normalized spacial score (nSPS) is 11.0. The van der Waals surface area contributed by atoms with Gasteiger partial charge in [0.2, 0.25) is 0 Å². The van der Waals surface area contributed by atoms with E-state index < -0.39 is 0 Å². The molecule has 4 aromatic carbocycles. The number of nitrogens with zero attached hydrogens (tertiary/aromatic N) is 1. The van der Waals surface area contributed by atoms with Crippen LogP contribution in [0.25, 0.3) is 33.0 Å². The zero-order chi connectivity index (χ0) is 22.5. The van der Waals surface area contributed by atoms with Crippen molar-refractivity contribution >= 4 is 10.8 Å². The molecule has 0 aromatic heterocycles. The highest BCUT2D eigenvalue weighted by Gasteiger charge is 2.13. The van der Waals surface area contributed by atoms with Gasteiger partial charge in [0.15, 0.2) is 0 Å². The molecule has 32 heavy (non-hydrogen) atoms. The summed E-state index contributed by atoms with van der Waals surface area (Å²) in [6.45, 7) is 1.55. The molecule has 0 heterocycles. The summed E-state index contributed by atoms with van der Waals surface area (Å²) in [6, 6.07) is 27.1. The van der Waals surface area contributed by atoms with Crippen molar-refractivity contribution in [2.75, 3.05) is 41.5 Å². The summed E-state index contributed by atoms with van der Waals surface area (Å²) in [6.07, 6.45) is 0. The number of hydrogen-bond donors (Lipinski definition) is 0. The summed E-state index contributed by atoms with van der Waals surface area (Å²) in [5, 5.41) is 2.32. The van der Waals surface area contributed by atoms with Gasteiger partial charge in [-0.05, 0) is 83.5 Å². The second kappa shape index (κ2) is 9.75. The Morgan fingerprint density at radius 2 is 1.28 bits per heavy atom. The number of methoxy groups -OCH3 is 2. The third-order valence-electron chi connectivity index (χ3n) is 5.58.